The van der Waals surface area contributed by atoms with Crippen molar-refractivity contribution < 1.29 is 38.2 Å². The number of esters is 1. The second kappa shape index (κ2) is 9.87. The molecule has 1 saturated heterocycles. The zero-order valence-electron chi connectivity index (χ0n) is 19.3. The molecule has 11 heteroatoms. The summed E-state index contributed by atoms with van der Waals surface area (Å²) < 4.78 is 16.2. The number of thioether (sulfide) groups is 1. The van der Waals surface area contributed by atoms with Crippen molar-refractivity contribution in [1.82, 2.24) is 10.2 Å². The highest BCUT2D eigenvalue weighted by molar-refractivity contribution is 8.00. The molecule has 35 heavy (non-hydrogen) atoms. The number of nitrogens with zero attached hydrogens (tertiary/aromatic N) is 1. The fraction of sp³-hybridized carbons (Fsp3) is 0.333. The van der Waals surface area contributed by atoms with Gasteiger partial charge in [-0.2, -0.15) is 0 Å². The summed E-state index contributed by atoms with van der Waals surface area (Å²) in [7, 11) is 0. The largest absolute Gasteiger partial charge is 0.486 e. The van der Waals surface area contributed by atoms with Crippen LogP contribution in [0.1, 0.15) is 34.4 Å². The molecule has 10 nitrogen and oxygen atoms in total. The highest BCUT2D eigenvalue weighted by Gasteiger charge is 2.54. The Morgan fingerprint density at radius 2 is 1.89 bits per heavy atom. The Hall–Kier alpha value is -3.73. The number of hydrogen-bond acceptors (Lipinski definition) is 8. The maximum Gasteiger partial charge on any atom is 0.352 e. The van der Waals surface area contributed by atoms with Crippen LogP contribution in [0.2, 0.25) is 0 Å². The number of β-lactam (4-membered cyclic amide) rings is 1. The van der Waals surface area contributed by atoms with E-state index in [4.69, 9.17) is 13.9 Å². The number of fused-ring (bicyclic) bond motifs is 1. The minimum absolute atomic E-state index is 0.0145. The molecular formula is C24H24N2O8S. The highest BCUT2D eigenvalue weighted by atomic mass is 32.2. The Labute approximate surface area is 205 Å². The average molecular weight is 501 g/mol. The first-order chi connectivity index (χ1) is 16.6. The lowest BCUT2D eigenvalue weighted by molar-refractivity contribution is -0.149. The van der Waals surface area contributed by atoms with Crippen LogP contribution in [0.25, 0.3) is 0 Å². The highest BCUT2D eigenvalue weighted by Crippen LogP contribution is 2.40. The van der Waals surface area contributed by atoms with E-state index in [0.29, 0.717) is 17.1 Å². The number of furan rings is 1. The van der Waals surface area contributed by atoms with Gasteiger partial charge in [0.05, 0.1) is 0 Å². The van der Waals surface area contributed by atoms with E-state index in [-0.39, 0.29) is 30.4 Å². The number of rotatable bonds is 8. The zero-order valence-corrected chi connectivity index (χ0v) is 20.1. The zero-order chi connectivity index (χ0) is 25.3. The number of carboxylic acid groups (broad SMARTS) is 1. The van der Waals surface area contributed by atoms with Crippen LogP contribution < -0.4 is 10.1 Å². The third-order valence-corrected chi connectivity index (χ3v) is 6.79. The number of benzene rings is 1. The predicted octanol–water partition coefficient (Wildman–Crippen LogP) is 2.39. The van der Waals surface area contributed by atoms with Gasteiger partial charge in [-0.15, -0.1) is 11.8 Å². The number of nitrogens with one attached hydrogen (secondary N) is 1. The van der Waals surface area contributed by atoms with E-state index >= 15 is 0 Å². The maximum atomic E-state index is 12.7. The lowest BCUT2D eigenvalue weighted by Gasteiger charge is -2.49. The average Bonchev–Trinajstić information content (AvgIpc) is 3.27. The van der Waals surface area contributed by atoms with Gasteiger partial charge in [-0.3, -0.25) is 19.3 Å². The number of carboxylic acids is 1. The van der Waals surface area contributed by atoms with Gasteiger partial charge in [-0.25, -0.2) is 4.79 Å². The van der Waals surface area contributed by atoms with Gasteiger partial charge in [-0.05, 0) is 49.2 Å². The Morgan fingerprint density at radius 1 is 1.17 bits per heavy atom. The van der Waals surface area contributed by atoms with Crippen molar-refractivity contribution in [2.24, 2.45) is 0 Å². The number of aryl methyl sites for hydroxylation is 2. The smallest absolute Gasteiger partial charge is 0.352 e. The SMILES string of the molecule is CC(=O)OCC1=C(C(=O)O)N2C(=O)C(NC(=O)c3ccc(COc4cc(C)cc(C)c4)o3)C2SC1. The summed E-state index contributed by atoms with van der Waals surface area (Å²) in [5.74, 6) is -1.60. The Bertz CT molecular complexity index is 1210. The monoisotopic (exact) mass is 500 g/mol. The molecule has 1 aromatic heterocycles. The minimum Gasteiger partial charge on any atom is -0.486 e. The third kappa shape index (κ3) is 5.19. The van der Waals surface area contributed by atoms with Gasteiger partial charge in [-0.1, -0.05) is 6.07 Å². The number of hydrogen-bond donors (Lipinski definition) is 2. The second-order valence-corrected chi connectivity index (χ2v) is 9.38. The predicted molar refractivity (Wildman–Crippen MR) is 125 cm³/mol. The fourth-order valence-corrected chi connectivity index (χ4v) is 5.27. The molecular weight excluding hydrogens is 476 g/mol. The van der Waals surface area contributed by atoms with Crippen LogP contribution in [-0.2, 0) is 25.7 Å². The maximum absolute atomic E-state index is 12.7. The number of carbonyl (C=O) groups is 4. The number of amides is 2. The normalized spacial score (nSPS) is 19.1. The van der Waals surface area contributed by atoms with Crippen LogP contribution in [-0.4, -0.2) is 57.5 Å². The van der Waals surface area contributed by atoms with Gasteiger partial charge >= 0.3 is 11.9 Å². The number of carbonyl (C=O) groups excluding carboxylic acids is 3. The molecule has 184 valence electrons. The first-order valence-corrected chi connectivity index (χ1v) is 11.8. The quantitative estimate of drug-likeness (QED) is 0.414. The third-order valence-electron chi connectivity index (χ3n) is 5.45. The number of aliphatic carboxylic acids is 1. The molecule has 0 aliphatic carbocycles. The number of ether oxygens (including phenoxy) is 2. The van der Waals surface area contributed by atoms with Gasteiger partial charge in [0, 0.05) is 18.2 Å². The van der Waals surface area contributed by atoms with E-state index in [2.05, 4.69) is 5.32 Å². The van der Waals surface area contributed by atoms with Crippen LogP contribution in [0.4, 0.5) is 0 Å². The van der Waals surface area contributed by atoms with E-state index in [1.807, 2.05) is 32.0 Å². The molecule has 0 radical (unpaired) electrons. The van der Waals surface area contributed by atoms with Crippen LogP contribution in [0.3, 0.4) is 0 Å². The van der Waals surface area contributed by atoms with Gasteiger partial charge < -0.3 is 24.3 Å². The summed E-state index contributed by atoms with van der Waals surface area (Å²) in [5, 5.41) is 11.6. The lowest BCUT2D eigenvalue weighted by atomic mass is 10.0. The summed E-state index contributed by atoms with van der Waals surface area (Å²) in [6.07, 6.45) is 0. The van der Waals surface area contributed by atoms with Crippen molar-refractivity contribution in [3.63, 3.8) is 0 Å². The van der Waals surface area contributed by atoms with Gasteiger partial charge in [0.1, 0.15) is 41.8 Å². The van der Waals surface area contributed by atoms with Crippen molar-refractivity contribution in [1.29, 1.82) is 0 Å². The summed E-state index contributed by atoms with van der Waals surface area (Å²) >= 11 is 1.28. The van der Waals surface area contributed by atoms with Crippen molar-refractivity contribution in [3.05, 3.63) is 64.2 Å². The molecule has 2 aliphatic heterocycles. The summed E-state index contributed by atoms with van der Waals surface area (Å²) in [4.78, 5) is 49.4. The molecule has 2 atom stereocenters. The van der Waals surface area contributed by atoms with E-state index < -0.39 is 35.2 Å². The molecule has 0 spiro atoms. The molecule has 0 bridgehead atoms. The van der Waals surface area contributed by atoms with Crippen molar-refractivity contribution >= 4 is 35.5 Å². The summed E-state index contributed by atoms with van der Waals surface area (Å²) in [6, 6.07) is 8.04. The molecule has 1 aromatic carbocycles. The van der Waals surface area contributed by atoms with Crippen LogP contribution in [0.5, 0.6) is 5.75 Å². The molecule has 2 amide bonds. The standard InChI is InChI=1S/C24H24N2O8S/c1-12-6-13(2)8-17(7-12)33-10-16-4-5-18(34-16)21(28)25-19-22(29)26-20(24(30)31)15(9-32-14(3)27)11-35-23(19)26/h4-8,19,23H,9-11H2,1-3H3,(H,25,28)(H,30,31). The van der Waals surface area contributed by atoms with Gasteiger partial charge in [0.25, 0.3) is 11.8 Å². The van der Waals surface area contributed by atoms with Crippen LogP contribution >= 0.6 is 11.8 Å². The Kier molecular flexibility index (Phi) is 6.88. The molecule has 2 aliphatic rings. The first-order valence-electron chi connectivity index (χ1n) is 10.8. The van der Waals surface area contributed by atoms with Crippen molar-refractivity contribution in [2.45, 2.75) is 38.8 Å². The molecule has 4 rings (SSSR count). The van der Waals surface area contributed by atoms with Crippen LogP contribution in [0.15, 0.2) is 46.0 Å². The molecule has 1 fully saturated rings. The Balaban J connectivity index is 1.38. The van der Waals surface area contributed by atoms with Crippen LogP contribution in [0, 0.1) is 13.8 Å². The van der Waals surface area contributed by atoms with E-state index in [0.717, 1.165) is 16.0 Å². The topological polar surface area (TPSA) is 135 Å². The molecule has 0 saturated carbocycles. The minimum atomic E-state index is -1.30. The van der Waals surface area contributed by atoms with Crippen molar-refractivity contribution in [3.8, 4) is 5.75 Å². The van der Waals surface area contributed by atoms with Gasteiger partial charge in [0.15, 0.2) is 5.76 Å². The lowest BCUT2D eigenvalue weighted by Crippen LogP contribution is -2.70. The van der Waals surface area contributed by atoms with E-state index in [1.165, 1.54) is 24.8 Å². The first kappa shape index (κ1) is 24.4. The molecule has 2 aromatic rings. The molecule has 3 heterocycles. The van der Waals surface area contributed by atoms with E-state index in [9.17, 15) is 24.3 Å². The van der Waals surface area contributed by atoms with E-state index in [1.54, 1.807) is 6.07 Å². The van der Waals surface area contributed by atoms with Crippen molar-refractivity contribution in [2.75, 3.05) is 12.4 Å². The summed E-state index contributed by atoms with van der Waals surface area (Å²) in [6.45, 7) is 5.08. The summed E-state index contributed by atoms with van der Waals surface area (Å²) in [5.41, 5.74) is 2.25. The Morgan fingerprint density at radius 3 is 2.54 bits per heavy atom. The second-order valence-electron chi connectivity index (χ2n) is 8.28. The fourth-order valence-electron chi connectivity index (χ4n) is 3.94. The molecule has 2 unspecified atom stereocenters. The van der Waals surface area contributed by atoms with Gasteiger partial charge in [0.2, 0.25) is 0 Å². The molecule has 2 N–H and O–H groups in total.